The summed E-state index contributed by atoms with van der Waals surface area (Å²) in [6.45, 7) is 0. The highest BCUT2D eigenvalue weighted by Crippen LogP contribution is 2.41. The zero-order chi connectivity index (χ0) is 24.3. The number of halogens is 1. The van der Waals surface area contributed by atoms with Gasteiger partial charge in [0.05, 0.1) is 19.5 Å². The van der Waals surface area contributed by atoms with Crippen LogP contribution in [0.1, 0.15) is 24.3 Å². The van der Waals surface area contributed by atoms with Gasteiger partial charge < -0.3 is 23.9 Å². The van der Waals surface area contributed by atoms with Crippen molar-refractivity contribution in [1.82, 2.24) is 33.7 Å². The van der Waals surface area contributed by atoms with Gasteiger partial charge in [-0.05, 0) is 30.4 Å². The number of hydrogen-bond acceptors (Lipinski definition) is 8. The number of ether oxygens (including phenoxy) is 2. The van der Waals surface area contributed by atoms with Crippen LogP contribution >= 0.6 is 11.6 Å². The van der Waals surface area contributed by atoms with Crippen LogP contribution in [0.25, 0.3) is 16.7 Å². The van der Waals surface area contributed by atoms with E-state index in [4.69, 9.17) is 21.1 Å². The van der Waals surface area contributed by atoms with Crippen LogP contribution in [0, 0.1) is 0 Å². The lowest BCUT2D eigenvalue weighted by molar-refractivity contribution is 0.398. The molecule has 1 N–H and O–H groups in total. The summed E-state index contributed by atoms with van der Waals surface area (Å²) in [7, 11) is 5.07. The summed E-state index contributed by atoms with van der Waals surface area (Å²) in [5, 5.41) is 7.76. The summed E-state index contributed by atoms with van der Waals surface area (Å²) in [6, 6.07) is 1.90. The molecule has 0 atom stereocenters. The molecule has 5 heterocycles. The maximum Gasteiger partial charge on any atom is 0.274 e. The number of aryl methyl sites for hydroxylation is 2. The van der Waals surface area contributed by atoms with E-state index in [-0.39, 0.29) is 5.56 Å². The highest BCUT2D eigenvalue weighted by Gasteiger charge is 2.25. The minimum Gasteiger partial charge on any atom is -0.479 e. The summed E-state index contributed by atoms with van der Waals surface area (Å²) in [5.74, 6) is 2.05. The van der Waals surface area contributed by atoms with Gasteiger partial charge in [0.1, 0.15) is 16.2 Å². The second-order valence-electron chi connectivity index (χ2n) is 8.45. The number of hydrogen-bond donors (Lipinski definition) is 1. The molecule has 11 nitrogen and oxygen atoms in total. The SMILES string of the molecule is COc1nccn2ncc(Oc3cnc4nc(Nc5cc(C6CC6)cn(C)c5=O)n(C)c4c3Cl)c12. The number of aromatic nitrogens is 7. The van der Waals surface area contributed by atoms with Crippen molar-refractivity contribution in [3.63, 3.8) is 0 Å². The van der Waals surface area contributed by atoms with E-state index in [1.807, 2.05) is 12.3 Å². The van der Waals surface area contributed by atoms with Crippen molar-refractivity contribution in [2.45, 2.75) is 18.8 Å². The van der Waals surface area contributed by atoms with E-state index in [1.165, 1.54) is 13.3 Å². The number of nitrogens with zero attached hydrogens (tertiary/aromatic N) is 7. The number of imidazole rings is 1. The van der Waals surface area contributed by atoms with E-state index in [0.29, 0.717) is 56.6 Å². The van der Waals surface area contributed by atoms with E-state index in [0.717, 1.165) is 18.4 Å². The Labute approximate surface area is 203 Å². The van der Waals surface area contributed by atoms with Crippen molar-refractivity contribution in [3.05, 3.63) is 58.0 Å². The Morgan fingerprint density at radius 2 is 1.97 bits per heavy atom. The predicted octanol–water partition coefficient (Wildman–Crippen LogP) is 3.79. The molecule has 0 bridgehead atoms. The largest absolute Gasteiger partial charge is 0.479 e. The Morgan fingerprint density at radius 1 is 1.14 bits per heavy atom. The van der Waals surface area contributed by atoms with Crippen LogP contribution < -0.4 is 20.3 Å². The summed E-state index contributed by atoms with van der Waals surface area (Å²) in [6.07, 6.45) is 10.5. The summed E-state index contributed by atoms with van der Waals surface area (Å²) in [5.41, 5.74) is 2.99. The zero-order valence-electron chi connectivity index (χ0n) is 19.2. The molecule has 6 rings (SSSR count). The number of fused-ring (bicyclic) bond motifs is 2. The zero-order valence-corrected chi connectivity index (χ0v) is 19.9. The van der Waals surface area contributed by atoms with Crippen LogP contribution in [0.15, 0.2) is 41.8 Å². The third-order valence-corrected chi connectivity index (χ3v) is 6.45. The molecule has 0 aromatic carbocycles. The molecule has 12 heteroatoms. The predicted molar refractivity (Wildman–Crippen MR) is 130 cm³/mol. The van der Waals surface area contributed by atoms with Crippen LogP contribution in [0.2, 0.25) is 5.02 Å². The van der Waals surface area contributed by atoms with Crippen LogP contribution in [-0.4, -0.2) is 40.8 Å². The van der Waals surface area contributed by atoms with Crippen LogP contribution in [-0.2, 0) is 14.1 Å². The summed E-state index contributed by atoms with van der Waals surface area (Å²) >= 11 is 6.74. The van der Waals surface area contributed by atoms with Gasteiger partial charge in [-0.3, -0.25) is 4.79 Å². The fourth-order valence-electron chi connectivity index (χ4n) is 4.11. The maximum atomic E-state index is 12.7. The molecule has 0 spiro atoms. The van der Waals surface area contributed by atoms with Crippen molar-refractivity contribution < 1.29 is 9.47 Å². The molecule has 0 unspecified atom stereocenters. The number of nitrogens with one attached hydrogen (secondary N) is 1. The van der Waals surface area contributed by atoms with Gasteiger partial charge >= 0.3 is 0 Å². The minimum atomic E-state index is -0.139. The molecule has 0 saturated heterocycles. The Balaban J connectivity index is 1.38. The Morgan fingerprint density at radius 3 is 2.74 bits per heavy atom. The van der Waals surface area contributed by atoms with Crippen LogP contribution in [0.3, 0.4) is 0 Å². The molecule has 1 aliphatic carbocycles. The molecule has 1 aliphatic rings. The van der Waals surface area contributed by atoms with Gasteiger partial charge in [-0.15, -0.1) is 0 Å². The van der Waals surface area contributed by atoms with E-state index >= 15 is 0 Å². The summed E-state index contributed by atoms with van der Waals surface area (Å²) in [4.78, 5) is 25.9. The van der Waals surface area contributed by atoms with Gasteiger partial charge in [-0.1, -0.05) is 11.6 Å². The van der Waals surface area contributed by atoms with Crippen LogP contribution in [0.4, 0.5) is 11.6 Å². The van der Waals surface area contributed by atoms with Gasteiger partial charge in [0, 0.05) is 32.7 Å². The molecule has 5 aromatic rings. The molecule has 35 heavy (non-hydrogen) atoms. The Hall–Kier alpha value is -4.12. The van der Waals surface area contributed by atoms with Crippen LogP contribution in [0.5, 0.6) is 17.4 Å². The highest BCUT2D eigenvalue weighted by molar-refractivity contribution is 6.36. The molecule has 1 saturated carbocycles. The molecule has 0 amide bonds. The standard InChI is InChI=1S/C23H21ClN8O3/c1-30-11-13(12-4-5-12)8-14(22(30)33)28-23-29-20-19(31(23)2)17(24)15(9-26-20)35-16-10-27-32-7-6-25-21(34-3)18(16)32/h6-12H,4-5H2,1-3H3,(H,26,28,29). The van der Waals surface area contributed by atoms with Crippen molar-refractivity contribution in [3.8, 4) is 17.4 Å². The minimum absolute atomic E-state index is 0.139. The number of anilines is 2. The lowest BCUT2D eigenvalue weighted by atomic mass is 10.2. The van der Waals surface area contributed by atoms with Gasteiger partial charge in [-0.25, -0.2) is 14.5 Å². The monoisotopic (exact) mass is 492 g/mol. The third-order valence-electron chi connectivity index (χ3n) is 6.08. The number of pyridine rings is 2. The molecule has 0 aliphatic heterocycles. The normalized spacial score (nSPS) is 13.5. The molecule has 5 aromatic heterocycles. The third kappa shape index (κ3) is 3.55. The topological polar surface area (TPSA) is 113 Å². The number of rotatable bonds is 6. The first kappa shape index (κ1) is 21.4. The number of methoxy groups -OCH3 is 1. The lowest BCUT2D eigenvalue weighted by Crippen LogP contribution is -2.20. The molecule has 0 radical (unpaired) electrons. The first-order chi connectivity index (χ1) is 16.9. The van der Waals surface area contributed by atoms with Gasteiger partial charge in [0.2, 0.25) is 11.8 Å². The van der Waals surface area contributed by atoms with Crippen molar-refractivity contribution >= 4 is 39.9 Å². The second-order valence-corrected chi connectivity index (χ2v) is 8.82. The fraction of sp³-hybridized carbons (Fsp3) is 0.261. The van der Waals surface area contributed by atoms with Gasteiger partial charge in [0.25, 0.3) is 5.56 Å². The lowest BCUT2D eigenvalue weighted by Gasteiger charge is -2.10. The first-order valence-corrected chi connectivity index (χ1v) is 11.3. The fourth-order valence-corrected chi connectivity index (χ4v) is 4.41. The average Bonchev–Trinajstić information content (AvgIpc) is 3.55. The summed E-state index contributed by atoms with van der Waals surface area (Å²) < 4.78 is 16.3. The van der Waals surface area contributed by atoms with Gasteiger partial charge in [-0.2, -0.15) is 10.1 Å². The molecular weight excluding hydrogens is 472 g/mol. The van der Waals surface area contributed by atoms with Gasteiger partial charge in [0.15, 0.2) is 22.7 Å². The Bertz CT molecular complexity index is 1670. The van der Waals surface area contributed by atoms with Crippen molar-refractivity contribution in [1.29, 1.82) is 0 Å². The van der Waals surface area contributed by atoms with E-state index in [1.54, 1.807) is 46.3 Å². The maximum absolute atomic E-state index is 12.7. The first-order valence-electron chi connectivity index (χ1n) is 11.0. The average molecular weight is 493 g/mol. The van der Waals surface area contributed by atoms with E-state index < -0.39 is 0 Å². The highest BCUT2D eigenvalue weighted by atomic mass is 35.5. The second kappa shape index (κ2) is 7.98. The smallest absolute Gasteiger partial charge is 0.274 e. The van der Waals surface area contributed by atoms with E-state index in [9.17, 15) is 4.79 Å². The molecule has 1 fully saturated rings. The molecular formula is C23H21ClN8O3. The molecule has 178 valence electrons. The van der Waals surface area contributed by atoms with E-state index in [2.05, 4.69) is 25.4 Å². The Kier molecular flexibility index (Phi) is 4.88. The van der Waals surface area contributed by atoms with Crippen molar-refractivity contribution in [2.24, 2.45) is 14.1 Å². The van der Waals surface area contributed by atoms with Crippen molar-refractivity contribution in [2.75, 3.05) is 12.4 Å². The quantitative estimate of drug-likeness (QED) is 0.381.